The van der Waals surface area contributed by atoms with Gasteiger partial charge in [0.2, 0.25) is 5.91 Å². The molecule has 3 heteroatoms. The lowest BCUT2D eigenvalue weighted by atomic mass is 10.0. The number of hydrogen-bond donors (Lipinski definition) is 0. The third kappa shape index (κ3) is 2.71. The van der Waals surface area contributed by atoms with Gasteiger partial charge in [0.05, 0.1) is 0 Å². The molecule has 86 valence electrons. The number of carbonyl (C=O) groups is 1. The number of rotatable bonds is 1. The van der Waals surface area contributed by atoms with E-state index in [9.17, 15) is 4.79 Å². The summed E-state index contributed by atoms with van der Waals surface area (Å²) in [6.45, 7) is 3.30. The van der Waals surface area contributed by atoms with Crippen molar-refractivity contribution in [2.45, 2.75) is 44.6 Å². The highest BCUT2D eigenvalue weighted by atomic mass is 16.2. The molecule has 2 aliphatic heterocycles. The van der Waals surface area contributed by atoms with Crippen LogP contribution < -0.4 is 0 Å². The molecule has 0 atom stereocenters. The summed E-state index contributed by atoms with van der Waals surface area (Å²) in [5.41, 5.74) is 0. The molecule has 2 fully saturated rings. The second-order valence-electron chi connectivity index (χ2n) is 4.93. The average molecular weight is 210 g/mol. The quantitative estimate of drug-likeness (QED) is 0.654. The lowest BCUT2D eigenvalue weighted by Crippen LogP contribution is -2.46. The highest BCUT2D eigenvalue weighted by Crippen LogP contribution is 2.20. The number of nitrogens with zero attached hydrogens (tertiary/aromatic N) is 2. The number of amides is 1. The SMILES string of the molecule is CN1CCC(N2CCCCCC2=O)CC1. The van der Waals surface area contributed by atoms with Crippen LogP contribution in [0.3, 0.4) is 0 Å². The van der Waals surface area contributed by atoms with Gasteiger partial charge in [-0.2, -0.15) is 0 Å². The van der Waals surface area contributed by atoms with Crippen LogP contribution in [0.1, 0.15) is 38.5 Å². The van der Waals surface area contributed by atoms with E-state index in [1.165, 1.54) is 25.7 Å². The van der Waals surface area contributed by atoms with Gasteiger partial charge in [-0.25, -0.2) is 0 Å². The smallest absolute Gasteiger partial charge is 0.222 e. The molecule has 0 N–H and O–H groups in total. The standard InChI is InChI=1S/C12H22N2O/c1-13-9-6-11(7-10-13)14-8-4-2-3-5-12(14)15/h11H,2-10H2,1H3. The molecule has 15 heavy (non-hydrogen) atoms. The van der Waals surface area contributed by atoms with Gasteiger partial charge in [-0.1, -0.05) is 6.42 Å². The zero-order valence-corrected chi connectivity index (χ0v) is 9.74. The molecule has 3 nitrogen and oxygen atoms in total. The molecule has 0 unspecified atom stereocenters. The molecule has 0 radical (unpaired) electrons. The Morgan fingerprint density at radius 1 is 1.07 bits per heavy atom. The topological polar surface area (TPSA) is 23.6 Å². The molecule has 2 saturated heterocycles. The third-order valence-electron chi connectivity index (χ3n) is 3.74. The molecule has 0 spiro atoms. The number of likely N-dealkylation sites (tertiary alicyclic amines) is 2. The van der Waals surface area contributed by atoms with Crippen LogP contribution in [0.2, 0.25) is 0 Å². The van der Waals surface area contributed by atoms with Crippen molar-refractivity contribution in [1.82, 2.24) is 9.80 Å². The maximum atomic E-state index is 11.9. The predicted octanol–water partition coefficient (Wildman–Crippen LogP) is 1.48. The van der Waals surface area contributed by atoms with Crippen molar-refractivity contribution in [3.63, 3.8) is 0 Å². The Balaban J connectivity index is 1.92. The Labute approximate surface area is 92.4 Å². The summed E-state index contributed by atoms with van der Waals surface area (Å²) in [4.78, 5) is 16.4. The summed E-state index contributed by atoms with van der Waals surface area (Å²) in [5, 5.41) is 0. The van der Waals surface area contributed by atoms with Gasteiger partial charge in [-0.3, -0.25) is 4.79 Å². The van der Waals surface area contributed by atoms with E-state index >= 15 is 0 Å². The zero-order chi connectivity index (χ0) is 10.7. The fourth-order valence-electron chi connectivity index (χ4n) is 2.70. The van der Waals surface area contributed by atoms with Gasteiger partial charge in [0, 0.05) is 19.0 Å². The molecular weight excluding hydrogens is 188 g/mol. The molecule has 2 heterocycles. The van der Waals surface area contributed by atoms with Gasteiger partial charge in [-0.05, 0) is 45.8 Å². The monoisotopic (exact) mass is 210 g/mol. The van der Waals surface area contributed by atoms with Gasteiger partial charge in [0.25, 0.3) is 0 Å². The lowest BCUT2D eigenvalue weighted by Gasteiger charge is -2.36. The van der Waals surface area contributed by atoms with Gasteiger partial charge in [0.1, 0.15) is 0 Å². The van der Waals surface area contributed by atoms with Gasteiger partial charge in [0.15, 0.2) is 0 Å². The van der Waals surface area contributed by atoms with Crippen LogP contribution in [-0.2, 0) is 4.79 Å². The van der Waals surface area contributed by atoms with E-state index < -0.39 is 0 Å². The first-order valence-electron chi connectivity index (χ1n) is 6.25. The predicted molar refractivity (Wildman–Crippen MR) is 60.7 cm³/mol. The molecule has 0 aliphatic carbocycles. The van der Waals surface area contributed by atoms with E-state index in [1.807, 2.05) is 0 Å². The van der Waals surface area contributed by atoms with Crippen molar-refractivity contribution in [1.29, 1.82) is 0 Å². The van der Waals surface area contributed by atoms with E-state index in [2.05, 4.69) is 16.8 Å². The fourth-order valence-corrected chi connectivity index (χ4v) is 2.70. The first-order chi connectivity index (χ1) is 7.27. The molecule has 0 aromatic rings. The first-order valence-corrected chi connectivity index (χ1v) is 6.25. The number of hydrogen-bond acceptors (Lipinski definition) is 2. The van der Waals surface area contributed by atoms with Crippen LogP contribution in [0.4, 0.5) is 0 Å². The summed E-state index contributed by atoms with van der Waals surface area (Å²) < 4.78 is 0. The van der Waals surface area contributed by atoms with Crippen LogP contribution in [0.5, 0.6) is 0 Å². The minimum absolute atomic E-state index is 0.405. The van der Waals surface area contributed by atoms with E-state index in [1.54, 1.807) is 0 Å². The molecule has 0 bridgehead atoms. The maximum Gasteiger partial charge on any atom is 0.222 e. The molecule has 0 aromatic carbocycles. The normalized spacial score (nSPS) is 26.7. The van der Waals surface area contributed by atoms with Crippen molar-refractivity contribution in [2.24, 2.45) is 0 Å². The second-order valence-corrected chi connectivity index (χ2v) is 4.93. The summed E-state index contributed by atoms with van der Waals surface area (Å²) in [7, 11) is 2.17. The molecule has 1 amide bonds. The maximum absolute atomic E-state index is 11.9. The van der Waals surface area contributed by atoms with Crippen molar-refractivity contribution < 1.29 is 4.79 Å². The Morgan fingerprint density at radius 2 is 1.80 bits per heavy atom. The average Bonchev–Trinajstić information content (AvgIpc) is 2.44. The van der Waals surface area contributed by atoms with E-state index in [0.717, 1.165) is 32.5 Å². The lowest BCUT2D eigenvalue weighted by molar-refractivity contribution is -0.133. The minimum atomic E-state index is 0.405. The molecular formula is C12H22N2O. The van der Waals surface area contributed by atoms with E-state index in [0.29, 0.717) is 11.9 Å². The molecule has 0 aromatic heterocycles. The highest BCUT2D eigenvalue weighted by molar-refractivity contribution is 5.76. The molecule has 2 aliphatic rings. The van der Waals surface area contributed by atoms with Crippen LogP contribution in [-0.4, -0.2) is 48.4 Å². The number of carbonyl (C=O) groups excluding carboxylic acids is 1. The summed E-state index contributed by atoms with van der Waals surface area (Å²) in [5.74, 6) is 0.405. The largest absolute Gasteiger partial charge is 0.340 e. The summed E-state index contributed by atoms with van der Waals surface area (Å²) in [6, 6.07) is 0.534. The third-order valence-corrected chi connectivity index (χ3v) is 3.74. The zero-order valence-electron chi connectivity index (χ0n) is 9.74. The van der Waals surface area contributed by atoms with Gasteiger partial charge in [-0.15, -0.1) is 0 Å². The van der Waals surface area contributed by atoms with Crippen molar-refractivity contribution in [2.75, 3.05) is 26.7 Å². The van der Waals surface area contributed by atoms with Gasteiger partial charge < -0.3 is 9.80 Å². The van der Waals surface area contributed by atoms with Gasteiger partial charge >= 0.3 is 0 Å². The molecule has 2 rings (SSSR count). The van der Waals surface area contributed by atoms with Crippen LogP contribution >= 0.6 is 0 Å². The summed E-state index contributed by atoms with van der Waals surface area (Å²) >= 11 is 0. The van der Waals surface area contributed by atoms with Crippen molar-refractivity contribution in [3.05, 3.63) is 0 Å². The summed E-state index contributed by atoms with van der Waals surface area (Å²) in [6.07, 6.45) is 6.66. The van der Waals surface area contributed by atoms with Crippen LogP contribution in [0.25, 0.3) is 0 Å². The Hall–Kier alpha value is -0.570. The van der Waals surface area contributed by atoms with Crippen LogP contribution in [0, 0.1) is 0 Å². The van der Waals surface area contributed by atoms with E-state index in [4.69, 9.17) is 0 Å². The minimum Gasteiger partial charge on any atom is -0.340 e. The Kier molecular flexibility index (Phi) is 3.62. The second kappa shape index (κ2) is 4.97. The van der Waals surface area contributed by atoms with E-state index in [-0.39, 0.29) is 0 Å². The van der Waals surface area contributed by atoms with Crippen LogP contribution in [0.15, 0.2) is 0 Å². The Morgan fingerprint density at radius 3 is 2.53 bits per heavy atom. The van der Waals surface area contributed by atoms with Crippen molar-refractivity contribution in [3.8, 4) is 0 Å². The fraction of sp³-hybridized carbons (Fsp3) is 0.917. The number of piperidine rings is 1. The molecule has 0 saturated carbocycles. The first kappa shape index (κ1) is 10.9. The van der Waals surface area contributed by atoms with Crippen molar-refractivity contribution >= 4 is 5.91 Å². The highest BCUT2D eigenvalue weighted by Gasteiger charge is 2.27. The Bertz CT molecular complexity index is 222.